The second kappa shape index (κ2) is 8.39. The van der Waals surface area contributed by atoms with E-state index in [1.165, 1.54) is 0 Å². The Bertz CT molecular complexity index is 1270. The molecule has 0 aliphatic carbocycles. The Labute approximate surface area is 180 Å². The summed E-state index contributed by atoms with van der Waals surface area (Å²) in [5, 5.41) is 0. The molecule has 0 radical (unpaired) electrons. The fourth-order valence-electron chi connectivity index (χ4n) is 3.32. The Morgan fingerprint density at radius 3 is 1.67 bits per heavy atom. The molecule has 5 rings (SSSR count). The molecule has 1 heterocycles. The van der Waals surface area contributed by atoms with Gasteiger partial charge in [-0.25, -0.2) is 9.97 Å². The van der Waals surface area contributed by atoms with Gasteiger partial charge in [0.1, 0.15) is 0 Å². The van der Waals surface area contributed by atoms with Crippen LogP contribution in [-0.4, -0.2) is 9.97 Å². The highest BCUT2D eigenvalue weighted by molar-refractivity contribution is 8.00. The third-order valence-corrected chi connectivity index (χ3v) is 5.63. The van der Waals surface area contributed by atoms with Crippen LogP contribution in [-0.2, 0) is 0 Å². The van der Waals surface area contributed by atoms with Crippen LogP contribution in [0.15, 0.2) is 114 Å². The quantitative estimate of drug-likeness (QED) is 0.317. The van der Waals surface area contributed by atoms with Crippen molar-refractivity contribution in [3.8, 4) is 22.5 Å². The highest BCUT2D eigenvalue weighted by Crippen LogP contribution is 2.32. The second-order valence-corrected chi connectivity index (χ2v) is 7.75. The van der Waals surface area contributed by atoms with Crippen LogP contribution in [0.5, 0.6) is 0 Å². The van der Waals surface area contributed by atoms with Crippen LogP contribution < -0.4 is 4.72 Å². The second-order valence-electron chi connectivity index (χ2n) is 6.87. The first-order chi connectivity index (χ1) is 14.9. The molecule has 144 valence electrons. The van der Waals surface area contributed by atoms with Crippen molar-refractivity contribution in [1.29, 1.82) is 0 Å². The molecule has 0 atom stereocenters. The van der Waals surface area contributed by atoms with E-state index in [0.29, 0.717) is 0 Å². The normalized spacial score (nSPS) is 10.8. The topological polar surface area (TPSA) is 37.8 Å². The van der Waals surface area contributed by atoms with Gasteiger partial charge in [0.15, 0.2) is 0 Å². The molecule has 0 unspecified atom stereocenters. The molecular formula is C26H19N3S. The molecule has 4 aromatic carbocycles. The Kier molecular flexibility index (Phi) is 5.15. The molecule has 0 fully saturated rings. The van der Waals surface area contributed by atoms with E-state index in [1.54, 1.807) is 11.9 Å². The average Bonchev–Trinajstić information content (AvgIpc) is 2.83. The smallest absolute Gasteiger partial charge is 0.0973 e. The molecule has 0 aliphatic rings. The lowest BCUT2D eigenvalue weighted by atomic mass is 10.0. The van der Waals surface area contributed by atoms with Crippen LogP contribution in [0.3, 0.4) is 0 Å². The summed E-state index contributed by atoms with van der Waals surface area (Å²) in [5.74, 6) is 0. The first-order valence-corrected chi connectivity index (χ1v) is 10.6. The fourth-order valence-corrected chi connectivity index (χ4v) is 3.97. The molecule has 0 spiro atoms. The maximum absolute atomic E-state index is 5.03. The standard InChI is InChI=1S/C26H19N3S/c1-4-10-19(11-5-1)25-26(20-12-6-2-7-13-20)28-24-18-21(16-17-23(24)27-25)29-30-22-14-8-3-9-15-22/h1-18,29H. The predicted molar refractivity (Wildman–Crippen MR) is 126 cm³/mol. The minimum atomic E-state index is 0.868. The van der Waals surface area contributed by atoms with Crippen LogP contribution in [0, 0.1) is 0 Å². The average molecular weight is 406 g/mol. The summed E-state index contributed by atoms with van der Waals surface area (Å²) in [6, 6.07) is 36.9. The van der Waals surface area contributed by atoms with Crippen LogP contribution in [0.4, 0.5) is 5.69 Å². The Morgan fingerprint density at radius 2 is 1.07 bits per heavy atom. The van der Waals surface area contributed by atoms with Crippen molar-refractivity contribution in [2.24, 2.45) is 0 Å². The maximum Gasteiger partial charge on any atom is 0.0973 e. The largest absolute Gasteiger partial charge is 0.326 e. The van der Waals surface area contributed by atoms with Crippen molar-refractivity contribution in [2.75, 3.05) is 4.72 Å². The van der Waals surface area contributed by atoms with Crippen LogP contribution in [0.25, 0.3) is 33.5 Å². The molecule has 0 bridgehead atoms. The number of rotatable bonds is 5. The Hall–Kier alpha value is -3.63. The number of hydrogen-bond acceptors (Lipinski definition) is 4. The minimum Gasteiger partial charge on any atom is -0.326 e. The Balaban J connectivity index is 1.57. The number of nitrogens with zero attached hydrogens (tertiary/aromatic N) is 2. The van der Waals surface area contributed by atoms with E-state index >= 15 is 0 Å². The van der Waals surface area contributed by atoms with Gasteiger partial charge in [-0.2, -0.15) is 0 Å². The van der Waals surface area contributed by atoms with Crippen molar-refractivity contribution in [3.05, 3.63) is 109 Å². The lowest BCUT2D eigenvalue weighted by Crippen LogP contribution is -1.96. The monoisotopic (exact) mass is 405 g/mol. The third kappa shape index (κ3) is 3.91. The van der Waals surface area contributed by atoms with E-state index in [2.05, 4.69) is 47.2 Å². The van der Waals surface area contributed by atoms with Gasteiger partial charge in [0.05, 0.1) is 22.4 Å². The van der Waals surface area contributed by atoms with Gasteiger partial charge in [0, 0.05) is 21.7 Å². The number of benzene rings is 4. The van der Waals surface area contributed by atoms with Gasteiger partial charge in [-0.3, -0.25) is 0 Å². The lowest BCUT2D eigenvalue weighted by molar-refractivity contribution is 1.29. The maximum atomic E-state index is 5.03. The van der Waals surface area contributed by atoms with Crippen molar-refractivity contribution in [1.82, 2.24) is 9.97 Å². The molecule has 0 amide bonds. The molecule has 3 nitrogen and oxygen atoms in total. The molecule has 1 N–H and O–H groups in total. The zero-order valence-electron chi connectivity index (χ0n) is 16.2. The summed E-state index contributed by atoms with van der Waals surface area (Å²) in [4.78, 5) is 11.2. The fraction of sp³-hybridized carbons (Fsp3) is 0. The first kappa shape index (κ1) is 18.4. The molecule has 0 aliphatic heterocycles. The third-order valence-electron chi connectivity index (χ3n) is 4.79. The molecule has 30 heavy (non-hydrogen) atoms. The lowest BCUT2D eigenvalue weighted by Gasteiger charge is -2.12. The van der Waals surface area contributed by atoms with Gasteiger partial charge in [-0.15, -0.1) is 0 Å². The van der Waals surface area contributed by atoms with Gasteiger partial charge in [-0.05, 0) is 42.3 Å². The van der Waals surface area contributed by atoms with Gasteiger partial charge < -0.3 is 4.72 Å². The van der Waals surface area contributed by atoms with Crippen LogP contribution in [0.1, 0.15) is 0 Å². The molecule has 1 aromatic heterocycles. The highest BCUT2D eigenvalue weighted by Gasteiger charge is 2.13. The predicted octanol–water partition coefficient (Wildman–Crippen LogP) is 7.08. The zero-order valence-corrected chi connectivity index (χ0v) is 17.0. The number of aromatic nitrogens is 2. The van der Waals surface area contributed by atoms with Crippen molar-refractivity contribution < 1.29 is 0 Å². The SMILES string of the molecule is c1ccc(SNc2ccc3nc(-c4ccccc4)c(-c4ccccc4)nc3c2)cc1. The molecule has 4 heteroatoms. The van der Waals surface area contributed by atoms with Crippen molar-refractivity contribution in [3.63, 3.8) is 0 Å². The van der Waals surface area contributed by atoms with Gasteiger partial charge >= 0.3 is 0 Å². The van der Waals surface area contributed by atoms with E-state index in [4.69, 9.17) is 9.97 Å². The summed E-state index contributed by atoms with van der Waals surface area (Å²) >= 11 is 1.58. The van der Waals surface area contributed by atoms with Gasteiger partial charge in [-0.1, -0.05) is 78.9 Å². The molecule has 5 aromatic rings. The van der Waals surface area contributed by atoms with E-state index in [9.17, 15) is 0 Å². The summed E-state index contributed by atoms with van der Waals surface area (Å²) in [6.45, 7) is 0. The molecular weight excluding hydrogens is 386 g/mol. The highest BCUT2D eigenvalue weighted by atomic mass is 32.2. The molecule has 0 saturated heterocycles. The molecule has 0 saturated carbocycles. The number of fused-ring (bicyclic) bond motifs is 1. The van der Waals surface area contributed by atoms with E-state index in [-0.39, 0.29) is 0 Å². The van der Waals surface area contributed by atoms with Crippen molar-refractivity contribution >= 4 is 28.7 Å². The number of anilines is 1. The summed E-state index contributed by atoms with van der Waals surface area (Å²) < 4.78 is 3.41. The Morgan fingerprint density at radius 1 is 0.533 bits per heavy atom. The zero-order chi connectivity index (χ0) is 20.2. The summed E-state index contributed by atoms with van der Waals surface area (Å²) in [5.41, 5.74) is 6.65. The number of hydrogen-bond donors (Lipinski definition) is 1. The van der Waals surface area contributed by atoms with Crippen LogP contribution >= 0.6 is 11.9 Å². The summed E-state index contributed by atoms with van der Waals surface area (Å²) in [6.07, 6.45) is 0. The number of nitrogens with one attached hydrogen (secondary N) is 1. The van der Waals surface area contributed by atoms with Gasteiger partial charge in [0.25, 0.3) is 0 Å². The van der Waals surface area contributed by atoms with E-state index < -0.39 is 0 Å². The van der Waals surface area contributed by atoms with Crippen molar-refractivity contribution in [2.45, 2.75) is 4.90 Å². The van der Waals surface area contributed by atoms with Crippen LogP contribution in [0.2, 0.25) is 0 Å². The summed E-state index contributed by atoms with van der Waals surface area (Å²) in [7, 11) is 0. The minimum absolute atomic E-state index is 0.868. The first-order valence-electron chi connectivity index (χ1n) is 9.77. The van der Waals surface area contributed by atoms with E-state index in [1.807, 2.05) is 66.7 Å². The van der Waals surface area contributed by atoms with Gasteiger partial charge in [0.2, 0.25) is 0 Å². The van der Waals surface area contributed by atoms with E-state index in [0.717, 1.165) is 44.1 Å².